The first-order valence-corrected chi connectivity index (χ1v) is 7.40. The molecule has 1 amide bonds. The number of methoxy groups -OCH3 is 1. The van der Waals surface area contributed by atoms with Gasteiger partial charge in [0.1, 0.15) is 11.5 Å². The van der Waals surface area contributed by atoms with Crippen LogP contribution >= 0.6 is 0 Å². The van der Waals surface area contributed by atoms with E-state index in [1.165, 1.54) is 0 Å². The van der Waals surface area contributed by atoms with Crippen molar-refractivity contribution in [2.45, 2.75) is 6.92 Å². The molecular weight excluding hydrogens is 306 g/mol. The van der Waals surface area contributed by atoms with Crippen LogP contribution in [0.25, 0.3) is 0 Å². The van der Waals surface area contributed by atoms with Gasteiger partial charge >= 0.3 is 0 Å². The minimum absolute atomic E-state index is 0.175. The maximum absolute atomic E-state index is 12.2. The Labute approximate surface area is 139 Å². The Bertz CT molecular complexity index is 823. The van der Waals surface area contributed by atoms with Crippen LogP contribution in [0.4, 0.5) is 17.2 Å². The molecule has 0 saturated carbocycles. The van der Waals surface area contributed by atoms with Gasteiger partial charge in [0.05, 0.1) is 7.11 Å². The molecule has 6 nitrogen and oxygen atoms in total. The van der Waals surface area contributed by atoms with Crippen LogP contribution in [0.3, 0.4) is 0 Å². The van der Waals surface area contributed by atoms with Crippen molar-refractivity contribution in [3.05, 3.63) is 65.9 Å². The summed E-state index contributed by atoms with van der Waals surface area (Å²) < 4.78 is 10.1. The van der Waals surface area contributed by atoms with E-state index < -0.39 is 0 Å². The van der Waals surface area contributed by atoms with Gasteiger partial charge in [-0.15, -0.1) is 0 Å². The van der Waals surface area contributed by atoms with E-state index in [0.717, 1.165) is 11.4 Å². The Hall–Kier alpha value is -3.28. The lowest BCUT2D eigenvalue weighted by Gasteiger charge is -2.07. The fourth-order valence-corrected chi connectivity index (χ4v) is 2.16. The molecular formula is C18H17N3O3. The van der Waals surface area contributed by atoms with E-state index in [0.29, 0.717) is 22.8 Å². The summed E-state index contributed by atoms with van der Waals surface area (Å²) in [6.07, 6.45) is 0. The Morgan fingerprint density at radius 1 is 1.04 bits per heavy atom. The Kier molecular flexibility index (Phi) is 4.47. The fraction of sp³-hybridized carbons (Fsp3) is 0.111. The minimum atomic E-state index is -0.175. The standard InChI is InChI=1S/C18H17N3O3/c1-12-11-17(21-24-12)19-14-5-7-15(8-6-14)20-18(22)13-3-9-16(23-2)10-4-13/h3-11H,1-2H3,(H,19,21)(H,20,22). The number of aryl methyl sites for hydroxylation is 1. The van der Waals surface area contributed by atoms with Crippen molar-refractivity contribution in [1.82, 2.24) is 5.16 Å². The highest BCUT2D eigenvalue weighted by atomic mass is 16.5. The number of hydrogen-bond donors (Lipinski definition) is 2. The minimum Gasteiger partial charge on any atom is -0.497 e. The lowest BCUT2D eigenvalue weighted by molar-refractivity contribution is 0.102. The van der Waals surface area contributed by atoms with Crippen molar-refractivity contribution in [3.8, 4) is 5.75 Å². The highest BCUT2D eigenvalue weighted by Gasteiger charge is 2.06. The van der Waals surface area contributed by atoms with E-state index in [1.54, 1.807) is 37.4 Å². The monoisotopic (exact) mass is 323 g/mol. The topological polar surface area (TPSA) is 76.4 Å². The van der Waals surface area contributed by atoms with Gasteiger partial charge in [-0.2, -0.15) is 0 Å². The predicted molar refractivity (Wildman–Crippen MR) is 91.9 cm³/mol. The number of benzene rings is 2. The number of aromatic nitrogens is 1. The number of nitrogens with zero attached hydrogens (tertiary/aromatic N) is 1. The number of amides is 1. The van der Waals surface area contributed by atoms with Gasteiger partial charge in [0.2, 0.25) is 0 Å². The van der Waals surface area contributed by atoms with Crippen molar-refractivity contribution in [2.75, 3.05) is 17.7 Å². The number of hydrogen-bond acceptors (Lipinski definition) is 5. The molecule has 6 heteroatoms. The smallest absolute Gasteiger partial charge is 0.255 e. The van der Waals surface area contributed by atoms with Gasteiger partial charge in [-0.3, -0.25) is 4.79 Å². The van der Waals surface area contributed by atoms with Crippen molar-refractivity contribution >= 4 is 23.1 Å². The molecule has 0 aliphatic carbocycles. The van der Waals surface area contributed by atoms with E-state index >= 15 is 0 Å². The first-order chi connectivity index (χ1) is 11.6. The molecule has 2 N–H and O–H groups in total. The molecule has 0 radical (unpaired) electrons. The summed E-state index contributed by atoms with van der Waals surface area (Å²) in [5, 5.41) is 9.84. The summed E-state index contributed by atoms with van der Waals surface area (Å²) in [6, 6.07) is 16.1. The van der Waals surface area contributed by atoms with Gasteiger partial charge < -0.3 is 19.9 Å². The Morgan fingerprint density at radius 3 is 2.29 bits per heavy atom. The second kappa shape index (κ2) is 6.87. The van der Waals surface area contributed by atoms with Crippen molar-refractivity contribution in [3.63, 3.8) is 0 Å². The molecule has 0 spiro atoms. The maximum Gasteiger partial charge on any atom is 0.255 e. The number of ether oxygens (including phenoxy) is 1. The third-order valence-electron chi connectivity index (χ3n) is 3.40. The zero-order valence-corrected chi connectivity index (χ0v) is 13.4. The molecule has 0 atom stereocenters. The summed E-state index contributed by atoms with van der Waals surface area (Å²) in [7, 11) is 1.59. The van der Waals surface area contributed by atoms with Crippen LogP contribution in [-0.2, 0) is 0 Å². The van der Waals surface area contributed by atoms with Crippen molar-refractivity contribution in [2.24, 2.45) is 0 Å². The Balaban J connectivity index is 1.63. The van der Waals surface area contributed by atoms with Gasteiger partial charge in [0.25, 0.3) is 5.91 Å². The molecule has 3 aromatic rings. The van der Waals surface area contributed by atoms with E-state index in [4.69, 9.17) is 9.26 Å². The number of carbonyl (C=O) groups is 1. The first-order valence-electron chi connectivity index (χ1n) is 7.40. The second-order valence-electron chi connectivity index (χ2n) is 5.21. The van der Waals surface area contributed by atoms with Crippen LogP contribution < -0.4 is 15.4 Å². The lowest BCUT2D eigenvalue weighted by atomic mass is 10.2. The third kappa shape index (κ3) is 3.73. The van der Waals surface area contributed by atoms with Crippen LogP contribution in [-0.4, -0.2) is 18.2 Å². The number of rotatable bonds is 5. The first kappa shape index (κ1) is 15.6. The van der Waals surface area contributed by atoms with Gasteiger partial charge in [0, 0.05) is 23.0 Å². The van der Waals surface area contributed by atoms with Crippen LogP contribution in [0.15, 0.2) is 59.1 Å². The van der Waals surface area contributed by atoms with Crippen LogP contribution in [0, 0.1) is 6.92 Å². The largest absolute Gasteiger partial charge is 0.497 e. The lowest BCUT2D eigenvalue weighted by Crippen LogP contribution is -2.11. The average Bonchev–Trinajstić information content (AvgIpc) is 3.01. The number of anilines is 3. The zero-order chi connectivity index (χ0) is 16.9. The number of nitrogens with one attached hydrogen (secondary N) is 2. The molecule has 2 aromatic carbocycles. The summed E-state index contributed by atoms with van der Waals surface area (Å²) in [4.78, 5) is 12.2. The van der Waals surface area contributed by atoms with Gasteiger partial charge in [-0.05, 0) is 55.5 Å². The van der Waals surface area contributed by atoms with Crippen LogP contribution in [0.5, 0.6) is 5.75 Å². The second-order valence-corrected chi connectivity index (χ2v) is 5.21. The van der Waals surface area contributed by atoms with Crippen LogP contribution in [0.2, 0.25) is 0 Å². The fourth-order valence-electron chi connectivity index (χ4n) is 2.16. The quantitative estimate of drug-likeness (QED) is 0.742. The summed E-state index contributed by atoms with van der Waals surface area (Å²) in [5.41, 5.74) is 2.12. The molecule has 0 bridgehead atoms. The number of carbonyl (C=O) groups excluding carboxylic acids is 1. The summed E-state index contributed by atoms with van der Waals surface area (Å²) >= 11 is 0. The van der Waals surface area contributed by atoms with E-state index in [1.807, 2.05) is 31.2 Å². The third-order valence-corrected chi connectivity index (χ3v) is 3.40. The van der Waals surface area contributed by atoms with Crippen molar-refractivity contribution < 1.29 is 14.1 Å². The van der Waals surface area contributed by atoms with Gasteiger partial charge in [0.15, 0.2) is 5.82 Å². The molecule has 3 rings (SSSR count). The SMILES string of the molecule is COc1ccc(C(=O)Nc2ccc(Nc3cc(C)on3)cc2)cc1. The molecule has 122 valence electrons. The van der Waals surface area contributed by atoms with Crippen LogP contribution in [0.1, 0.15) is 16.1 Å². The molecule has 0 aliphatic rings. The summed E-state index contributed by atoms with van der Waals surface area (Å²) in [5.74, 6) is 1.92. The van der Waals surface area contributed by atoms with Gasteiger partial charge in [-0.1, -0.05) is 5.16 Å². The van der Waals surface area contributed by atoms with E-state index in [2.05, 4.69) is 15.8 Å². The van der Waals surface area contributed by atoms with E-state index in [-0.39, 0.29) is 5.91 Å². The van der Waals surface area contributed by atoms with Crippen molar-refractivity contribution in [1.29, 1.82) is 0 Å². The molecule has 1 aromatic heterocycles. The molecule has 0 aliphatic heterocycles. The summed E-state index contributed by atoms with van der Waals surface area (Å²) in [6.45, 7) is 1.83. The molecule has 24 heavy (non-hydrogen) atoms. The molecule has 0 unspecified atom stereocenters. The van der Waals surface area contributed by atoms with E-state index in [9.17, 15) is 4.79 Å². The molecule has 0 fully saturated rings. The maximum atomic E-state index is 12.2. The van der Waals surface area contributed by atoms with Gasteiger partial charge in [-0.25, -0.2) is 0 Å². The zero-order valence-electron chi connectivity index (χ0n) is 13.4. The normalized spacial score (nSPS) is 10.2. The predicted octanol–water partition coefficient (Wildman–Crippen LogP) is 3.99. The highest BCUT2D eigenvalue weighted by molar-refractivity contribution is 6.04. The highest BCUT2D eigenvalue weighted by Crippen LogP contribution is 2.19. The average molecular weight is 323 g/mol. The Morgan fingerprint density at radius 2 is 1.71 bits per heavy atom. The molecule has 0 saturated heterocycles. The molecule has 1 heterocycles.